The maximum absolute atomic E-state index is 12.8. The third-order valence-electron chi connectivity index (χ3n) is 4.52. The van der Waals surface area contributed by atoms with E-state index in [-0.39, 0.29) is 34.0 Å². The van der Waals surface area contributed by atoms with Crippen LogP contribution in [-0.2, 0) is 27.4 Å². The highest BCUT2D eigenvalue weighted by Gasteiger charge is 2.31. The Hall–Kier alpha value is -2.30. The second kappa shape index (κ2) is 9.88. The van der Waals surface area contributed by atoms with Crippen molar-refractivity contribution in [3.8, 4) is 0 Å². The number of nitrogens with one attached hydrogen (secondary N) is 2. The van der Waals surface area contributed by atoms with Crippen LogP contribution in [0, 0.1) is 5.92 Å². The van der Waals surface area contributed by atoms with Gasteiger partial charge in [-0.05, 0) is 48.2 Å². The Morgan fingerprint density at radius 2 is 1.74 bits per heavy atom. The van der Waals surface area contributed by atoms with Crippen LogP contribution in [0.3, 0.4) is 0 Å². The van der Waals surface area contributed by atoms with Gasteiger partial charge in [0.2, 0.25) is 15.9 Å². The summed E-state index contributed by atoms with van der Waals surface area (Å²) in [6.45, 7) is 3.86. The summed E-state index contributed by atoms with van der Waals surface area (Å²) >= 11 is 5.97. The largest absolute Gasteiger partial charge is 0.416 e. The van der Waals surface area contributed by atoms with Crippen molar-refractivity contribution in [1.29, 1.82) is 0 Å². The molecule has 170 valence electrons. The first-order valence-electron chi connectivity index (χ1n) is 9.32. The smallest absolute Gasteiger partial charge is 0.372 e. The predicted molar refractivity (Wildman–Crippen MR) is 113 cm³/mol. The molecule has 0 unspecified atom stereocenters. The summed E-state index contributed by atoms with van der Waals surface area (Å²) in [4.78, 5) is 12.6. The number of anilines is 1. The van der Waals surface area contributed by atoms with Gasteiger partial charge < -0.3 is 10.6 Å². The van der Waals surface area contributed by atoms with E-state index in [9.17, 15) is 26.4 Å². The molecule has 4 N–H and O–H groups in total. The van der Waals surface area contributed by atoms with Gasteiger partial charge in [0.05, 0.1) is 21.2 Å². The second-order valence-corrected chi connectivity index (χ2v) is 9.26. The molecule has 31 heavy (non-hydrogen) atoms. The van der Waals surface area contributed by atoms with E-state index in [0.717, 1.165) is 17.7 Å². The first-order valence-corrected chi connectivity index (χ1v) is 11.2. The van der Waals surface area contributed by atoms with Crippen molar-refractivity contribution in [2.24, 2.45) is 11.1 Å². The highest BCUT2D eigenvalue weighted by Crippen LogP contribution is 2.34. The number of carbonyl (C=O) groups is 1. The molecule has 0 aromatic heterocycles. The van der Waals surface area contributed by atoms with Crippen LogP contribution in [0.2, 0.25) is 5.02 Å². The van der Waals surface area contributed by atoms with Gasteiger partial charge in [-0.3, -0.25) is 4.79 Å². The zero-order valence-electron chi connectivity index (χ0n) is 16.8. The Morgan fingerprint density at radius 3 is 2.23 bits per heavy atom. The van der Waals surface area contributed by atoms with Gasteiger partial charge in [-0.25, -0.2) is 13.6 Å². The molecule has 0 heterocycles. The third kappa shape index (κ3) is 7.12. The molecular formula is C20H23ClF3N3O3S. The number of carbonyl (C=O) groups excluding carboxylic acids is 1. The van der Waals surface area contributed by atoms with Crippen LogP contribution in [0.1, 0.15) is 25.0 Å². The zero-order valence-corrected chi connectivity index (χ0v) is 18.4. The molecule has 11 heteroatoms. The lowest BCUT2D eigenvalue weighted by molar-refractivity contribution is -0.137. The first-order chi connectivity index (χ1) is 14.3. The van der Waals surface area contributed by atoms with Crippen LogP contribution in [0.4, 0.5) is 18.9 Å². The molecule has 0 fully saturated rings. The molecule has 0 aliphatic carbocycles. The first kappa shape index (κ1) is 25.0. The van der Waals surface area contributed by atoms with Crippen LogP contribution in [0.15, 0.2) is 47.4 Å². The Morgan fingerprint density at radius 1 is 1.13 bits per heavy atom. The lowest BCUT2D eigenvalue weighted by atomic mass is 10.0. The summed E-state index contributed by atoms with van der Waals surface area (Å²) in [6.07, 6.45) is -4.06. The van der Waals surface area contributed by atoms with E-state index in [2.05, 4.69) is 10.6 Å². The molecule has 1 amide bonds. The van der Waals surface area contributed by atoms with Crippen molar-refractivity contribution < 1.29 is 26.4 Å². The quantitative estimate of drug-likeness (QED) is 0.538. The molecule has 0 saturated heterocycles. The van der Waals surface area contributed by atoms with Crippen LogP contribution < -0.4 is 15.8 Å². The zero-order chi connectivity index (χ0) is 23.4. The molecule has 6 nitrogen and oxygen atoms in total. The molecule has 0 bridgehead atoms. The van der Waals surface area contributed by atoms with Gasteiger partial charge in [-0.1, -0.05) is 37.6 Å². The van der Waals surface area contributed by atoms with Crippen molar-refractivity contribution in [3.63, 3.8) is 0 Å². The van der Waals surface area contributed by atoms with Crippen LogP contribution >= 0.6 is 11.6 Å². The second-order valence-electron chi connectivity index (χ2n) is 7.29. The van der Waals surface area contributed by atoms with Gasteiger partial charge in [-0.2, -0.15) is 13.2 Å². The number of halogens is 4. The summed E-state index contributed by atoms with van der Waals surface area (Å²) in [5, 5.41) is 10.6. The fraction of sp³-hybridized carbons (Fsp3) is 0.350. The highest BCUT2D eigenvalue weighted by atomic mass is 35.5. The van der Waals surface area contributed by atoms with E-state index in [1.165, 1.54) is 18.2 Å². The number of alkyl halides is 3. The van der Waals surface area contributed by atoms with Gasteiger partial charge in [-0.15, -0.1) is 0 Å². The standard InChI is InChI=1S/C20H23ClF3N3O3S/c1-12(2)18(27-17-8-5-14(11-16(17)21)20(22,23)24)19(28)26-10-9-13-3-6-15(7-4-13)31(25,29)30/h3-8,11-12,18,27H,9-10H2,1-2H3,(H,26,28)(H2,25,29,30)/t18-/m1/s1. The minimum absolute atomic E-state index is 0.00206. The lowest BCUT2D eigenvalue weighted by Crippen LogP contribution is -2.43. The number of amides is 1. The minimum atomic E-state index is -4.51. The molecule has 0 aliphatic heterocycles. The average Bonchev–Trinajstić information content (AvgIpc) is 2.65. The average molecular weight is 478 g/mol. The maximum Gasteiger partial charge on any atom is 0.416 e. The monoisotopic (exact) mass is 477 g/mol. The fourth-order valence-electron chi connectivity index (χ4n) is 2.80. The van der Waals surface area contributed by atoms with Crippen molar-refractivity contribution in [3.05, 3.63) is 58.6 Å². The molecule has 2 aromatic rings. The number of sulfonamides is 1. The lowest BCUT2D eigenvalue weighted by Gasteiger charge is -2.23. The minimum Gasteiger partial charge on any atom is -0.372 e. The van der Waals surface area contributed by atoms with Gasteiger partial charge in [0.25, 0.3) is 0 Å². The van der Waals surface area contributed by atoms with E-state index < -0.39 is 27.8 Å². The van der Waals surface area contributed by atoms with E-state index >= 15 is 0 Å². The Balaban J connectivity index is 2.00. The van der Waals surface area contributed by atoms with Gasteiger partial charge in [0, 0.05) is 6.54 Å². The highest BCUT2D eigenvalue weighted by molar-refractivity contribution is 7.89. The number of hydrogen-bond acceptors (Lipinski definition) is 4. The SMILES string of the molecule is CC(C)[C@@H](Nc1ccc(C(F)(F)F)cc1Cl)C(=O)NCCc1ccc(S(N)(=O)=O)cc1. The van der Waals surface area contributed by atoms with Crippen molar-refractivity contribution >= 4 is 33.2 Å². The molecule has 1 atom stereocenters. The van der Waals surface area contributed by atoms with Gasteiger partial charge in [0.1, 0.15) is 6.04 Å². The number of nitrogens with two attached hydrogens (primary N) is 1. The van der Waals surface area contributed by atoms with Crippen molar-refractivity contribution in [1.82, 2.24) is 5.32 Å². The van der Waals surface area contributed by atoms with E-state index in [1.807, 2.05) is 0 Å². The summed E-state index contributed by atoms with van der Waals surface area (Å²) in [6, 6.07) is 8.16. The van der Waals surface area contributed by atoms with Crippen LogP contribution in [0.5, 0.6) is 0 Å². The maximum atomic E-state index is 12.8. The van der Waals surface area contributed by atoms with E-state index in [4.69, 9.17) is 16.7 Å². The van der Waals surface area contributed by atoms with Gasteiger partial charge >= 0.3 is 6.18 Å². The molecule has 0 radical (unpaired) electrons. The van der Waals surface area contributed by atoms with Crippen molar-refractivity contribution in [2.45, 2.75) is 37.4 Å². The molecule has 2 aromatic carbocycles. The summed E-state index contributed by atoms with van der Waals surface area (Å²) in [5.74, 6) is -0.514. The molecule has 0 spiro atoms. The van der Waals surface area contributed by atoms with Crippen molar-refractivity contribution in [2.75, 3.05) is 11.9 Å². The van der Waals surface area contributed by atoms with Gasteiger partial charge in [0.15, 0.2) is 0 Å². The Bertz CT molecular complexity index is 1030. The number of rotatable bonds is 8. The number of primary sulfonamides is 1. The van der Waals surface area contributed by atoms with Crippen LogP contribution in [-0.4, -0.2) is 26.9 Å². The summed E-state index contributed by atoms with van der Waals surface area (Å²) in [7, 11) is -3.77. The summed E-state index contributed by atoms with van der Waals surface area (Å²) < 4.78 is 61.0. The normalized spacial score (nSPS) is 13.2. The summed E-state index contributed by atoms with van der Waals surface area (Å²) in [5.41, 5.74) is 0.150. The topological polar surface area (TPSA) is 101 Å². The van der Waals surface area contributed by atoms with E-state index in [0.29, 0.717) is 6.42 Å². The third-order valence-corrected chi connectivity index (χ3v) is 5.76. The molecule has 0 aliphatic rings. The number of hydrogen-bond donors (Lipinski definition) is 3. The predicted octanol–water partition coefficient (Wildman–Crippen LogP) is 3.80. The fourth-order valence-corrected chi connectivity index (χ4v) is 3.55. The number of benzene rings is 2. The molecular weight excluding hydrogens is 455 g/mol. The molecule has 0 saturated carbocycles. The Kier molecular flexibility index (Phi) is 7.96. The Labute approximate surface area is 184 Å². The van der Waals surface area contributed by atoms with Crippen LogP contribution in [0.25, 0.3) is 0 Å². The van der Waals surface area contributed by atoms with E-state index in [1.54, 1.807) is 26.0 Å². The molecule has 2 rings (SSSR count).